The van der Waals surface area contributed by atoms with E-state index in [2.05, 4.69) is 33.6 Å². The SMILES string of the molecule is Nc1nc(C2COc3ccccc32)nc(C2CC2)c1I. The van der Waals surface area contributed by atoms with E-state index in [1.807, 2.05) is 18.2 Å². The molecule has 1 aliphatic heterocycles. The van der Waals surface area contributed by atoms with Gasteiger partial charge in [-0.3, -0.25) is 0 Å². The summed E-state index contributed by atoms with van der Waals surface area (Å²) in [5.74, 6) is 3.01. The molecule has 1 aromatic heterocycles. The number of nitrogens with zero attached hydrogens (tertiary/aromatic N) is 2. The number of halogens is 1. The van der Waals surface area contributed by atoms with E-state index in [9.17, 15) is 0 Å². The zero-order valence-corrected chi connectivity index (χ0v) is 13.0. The van der Waals surface area contributed by atoms with Crippen LogP contribution in [0.2, 0.25) is 0 Å². The standard InChI is InChI=1S/C15H14IN3O/c16-12-13(8-5-6-8)18-15(19-14(12)17)10-7-20-11-4-2-1-3-9(10)11/h1-4,8,10H,5-7H2,(H2,17,18,19). The molecule has 5 heteroatoms. The van der Waals surface area contributed by atoms with Gasteiger partial charge in [0.2, 0.25) is 0 Å². The molecule has 20 heavy (non-hydrogen) atoms. The van der Waals surface area contributed by atoms with Crippen molar-refractivity contribution < 1.29 is 4.74 Å². The summed E-state index contributed by atoms with van der Waals surface area (Å²) in [4.78, 5) is 9.30. The molecule has 1 atom stereocenters. The Morgan fingerprint density at radius 2 is 2.00 bits per heavy atom. The molecule has 0 amide bonds. The number of nitrogen functional groups attached to an aromatic ring is 1. The molecular formula is C15H14IN3O. The minimum Gasteiger partial charge on any atom is -0.492 e. The molecule has 2 N–H and O–H groups in total. The molecule has 1 fully saturated rings. The maximum Gasteiger partial charge on any atom is 0.142 e. The van der Waals surface area contributed by atoms with E-state index >= 15 is 0 Å². The lowest BCUT2D eigenvalue weighted by Crippen LogP contribution is -2.12. The lowest BCUT2D eigenvalue weighted by atomic mass is 10.0. The van der Waals surface area contributed by atoms with Crippen LogP contribution in [-0.2, 0) is 0 Å². The Balaban J connectivity index is 1.80. The second-order valence-corrected chi connectivity index (χ2v) is 6.42. The van der Waals surface area contributed by atoms with Crippen LogP contribution in [0.15, 0.2) is 24.3 Å². The van der Waals surface area contributed by atoms with Crippen LogP contribution in [0.25, 0.3) is 0 Å². The average molecular weight is 379 g/mol. The van der Waals surface area contributed by atoms with Crippen molar-refractivity contribution >= 4 is 28.4 Å². The van der Waals surface area contributed by atoms with Crippen LogP contribution in [0, 0.1) is 3.57 Å². The second-order valence-electron chi connectivity index (χ2n) is 5.34. The summed E-state index contributed by atoms with van der Waals surface area (Å²) in [7, 11) is 0. The number of hydrogen-bond donors (Lipinski definition) is 1. The van der Waals surface area contributed by atoms with E-state index in [0.29, 0.717) is 18.3 Å². The van der Waals surface area contributed by atoms with Crippen LogP contribution in [-0.4, -0.2) is 16.6 Å². The molecule has 4 nitrogen and oxygen atoms in total. The average Bonchev–Trinajstić information content (AvgIpc) is 3.21. The molecule has 0 bridgehead atoms. The van der Waals surface area contributed by atoms with Crippen LogP contribution < -0.4 is 10.5 Å². The van der Waals surface area contributed by atoms with Crippen LogP contribution >= 0.6 is 22.6 Å². The van der Waals surface area contributed by atoms with E-state index in [4.69, 9.17) is 15.5 Å². The van der Waals surface area contributed by atoms with Gasteiger partial charge in [0.1, 0.15) is 24.0 Å². The monoisotopic (exact) mass is 379 g/mol. The summed E-state index contributed by atoms with van der Waals surface area (Å²) in [5, 5.41) is 0. The van der Waals surface area contributed by atoms with Gasteiger partial charge in [-0.15, -0.1) is 0 Å². The van der Waals surface area contributed by atoms with Gasteiger partial charge < -0.3 is 10.5 Å². The number of aromatic nitrogens is 2. The summed E-state index contributed by atoms with van der Waals surface area (Å²) in [6.07, 6.45) is 2.42. The van der Waals surface area contributed by atoms with Crippen molar-refractivity contribution in [1.29, 1.82) is 0 Å². The fraction of sp³-hybridized carbons (Fsp3) is 0.333. The van der Waals surface area contributed by atoms with Crippen LogP contribution in [0.1, 0.15) is 41.8 Å². The Labute approximate surface area is 130 Å². The highest BCUT2D eigenvalue weighted by molar-refractivity contribution is 14.1. The van der Waals surface area contributed by atoms with Gasteiger partial charge in [-0.1, -0.05) is 18.2 Å². The number of para-hydroxylation sites is 1. The Morgan fingerprint density at radius 3 is 2.80 bits per heavy atom. The predicted octanol–water partition coefficient (Wildman–Crippen LogP) is 3.07. The summed E-state index contributed by atoms with van der Waals surface area (Å²) in [6, 6.07) is 8.09. The van der Waals surface area contributed by atoms with Crippen molar-refractivity contribution in [2.24, 2.45) is 0 Å². The summed E-state index contributed by atoms with van der Waals surface area (Å²) >= 11 is 2.26. The summed E-state index contributed by atoms with van der Waals surface area (Å²) in [6.45, 7) is 0.601. The van der Waals surface area contributed by atoms with Crippen molar-refractivity contribution in [2.45, 2.75) is 24.7 Å². The van der Waals surface area contributed by atoms with Crippen molar-refractivity contribution in [2.75, 3.05) is 12.3 Å². The smallest absolute Gasteiger partial charge is 0.142 e. The van der Waals surface area contributed by atoms with E-state index < -0.39 is 0 Å². The number of nitrogens with two attached hydrogens (primary N) is 1. The van der Waals surface area contributed by atoms with Crippen molar-refractivity contribution in [3.05, 3.63) is 44.9 Å². The van der Waals surface area contributed by atoms with E-state index in [0.717, 1.165) is 26.4 Å². The molecule has 0 radical (unpaired) electrons. The zero-order chi connectivity index (χ0) is 13.7. The van der Waals surface area contributed by atoms with E-state index in [-0.39, 0.29) is 5.92 Å². The molecule has 4 rings (SSSR count). The van der Waals surface area contributed by atoms with Crippen molar-refractivity contribution in [3.8, 4) is 5.75 Å². The molecule has 1 aromatic carbocycles. The van der Waals surface area contributed by atoms with E-state index in [1.165, 1.54) is 12.8 Å². The number of hydrogen-bond acceptors (Lipinski definition) is 4. The Kier molecular flexibility index (Phi) is 2.83. The van der Waals surface area contributed by atoms with Crippen molar-refractivity contribution in [1.82, 2.24) is 9.97 Å². The molecule has 0 saturated heterocycles. The number of benzene rings is 1. The van der Waals surface area contributed by atoms with Crippen LogP contribution in [0.5, 0.6) is 5.75 Å². The normalized spacial score (nSPS) is 20.6. The number of fused-ring (bicyclic) bond motifs is 1. The largest absolute Gasteiger partial charge is 0.492 e. The molecular weight excluding hydrogens is 365 g/mol. The minimum atomic E-state index is 0.100. The molecule has 102 valence electrons. The second kappa shape index (κ2) is 4.58. The van der Waals surface area contributed by atoms with Crippen LogP contribution in [0.4, 0.5) is 5.82 Å². The molecule has 2 heterocycles. The maximum absolute atomic E-state index is 6.08. The van der Waals surface area contributed by atoms with E-state index in [1.54, 1.807) is 0 Å². The number of rotatable bonds is 2. The third kappa shape index (κ3) is 1.95. The third-order valence-corrected chi connectivity index (χ3v) is 5.00. The number of ether oxygens (including phenoxy) is 1. The highest BCUT2D eigenvalue weighted by Gasteiger charge is 2.32. The first-order chi connectivity index (χ1) is 9.74. The van der Waals surface area contributed by atoms with Crippen LogP contribution in [0.3, 0.4) is 0 Å². The summed E-state index contributed by atoms with van der Waals surface area (Å²) < 4.78 is 6.74. The van der Waals surface area contributed by atoms with Gasteiger partial charge in [0.25, 0.3) is 0 Å². The molecule has 2 aliphatic rings. The van der Waals surface area contributed by atoms with Gasteiger partial charge in [-0.25, -0.2) is 9.97 Å². The molecule has 1 unspecified atom stereocenters. The van der Waals surface area contributed by atoms with Gasteiger partial charge in [-0.05, 0) is 41.5 Å². The topological polar surface area (TPSA) is 61.0 Å². The van der Waals surface area contributed by atoms with Gasteiger partial charge >= 0.3 is 0 Å². The fourth-order valence-corrected chi connectivity index (χ4v) is 3.34. The fourth-order valence-electron chi connectivity index (χ4n) is 2.66. The molecule has 2 aromatic rings. The minimum absolute atomic E-state index is 0.100. The molecule has 0 spiro atoms. The number of anilines is 1. The lowest BCUT2D eigenvalue weighted by molar-refractivity contribution is 0.339. The first kappa shape index (κ1) is 12.4. The van der Waals surface area contributed by atoms with Gasteiger partial charge in [0, 0.05) is 11.5 Å². The lowest BCUT2D eigenvalue weighted by Gasteiger charge is -2.12. The Bertz CT molecular complexity index is 685. The first-order valence-corrected chi connectivity index (χ1v) is 7.86. The Hall–Kier alpha value is -1.37. The van der Waals surface area contributed by atoms with Gasteiger partial charge in [0.15, 0.2) is 0 Å². The molecule has 1 saturated carbocycles. The zero-order valence-electron chi connectivity index (χ0n) is 10.8. The quantitative estimate of drug-likeness (QED) is 0.815. The third-order valence-electron chi connectivity index (χ3n) is 3.90. The highest BCUT2D eigenvalue weighted by atomic mass is 127. The first-order valence-electron chi connectivity index (χ1n) is 6.78. The maximum atomic E-state index is 6.08. The highest BCUT2D eigenvalue weighted by Crippen LogP contribution is 2.43. The van der Waals surface area contributed by atoms with Gasteiger partial charge in [0.05, 0.1) is 15.2 Å². The van der Waals surface area contributed by atoms with Crippen molar-refractivity contribution in [3.63, 3.8) is 0 Å². The predicted molar refractivity (Wildman–Crippen MR) is 84.9 cm³/mol. The molecule has 1 aliphatic carbocycles. The summed E-state index contributed by atoms with van der Waals surface area (Å²) in [5.41, 5.74) is 8.36. The Morgan fingerprint density at radius 1 is 1.20 bits per heavy atom. The van der Waals surface area contributed by atoms with Gasteiger partial charge in [-0.2, -0.15) is 0 Å².